The van der Waals surface area contributed by atoms with Crippen molar-refractivity contribution in [2.24, 2.45) is 0 Å². The van der Waals surface area contributed by atoms with Crippen LogP contribution in [-0.2, 0) is 25.1 Å². The summed E-state index contributed by atoms with van der Waals surface area (Å²) in [6, 6.07) is 0. The van der Waals surface area contributed by atoms with E-state index < -0.39 is 42.0 Å². The first-order chi connectivity index (χ1) is 17.4. The highest BCUT2D eigenvalue weighted by atomic mass is 32.2. The summed E-state index contributed by atoms with van der Waals surface area (Å²) >= 11 is -2.72. The second-order valence-electron chi connectivity index (χ2n) is 9.07. The van der Waals surface area contributed by atoms with Crippen LogP contribution in [0.4, 0.5) is 0 Å². The molecule has 0 aromatic carbocycles. The van der Waals surface area contributed by atoms with Gasteiger partial charge in [0.25, 0.3) is 0 Å². The van der Waals surface area contributed by atoms with E-state index >= 15 is 0 Å². The Morgan fingerprint density at radius 3 is 2.00 bits per heavy atom. The fourth-order valence-electron chi connectivity index (χ4n) is 3.80. The lowest BCUT2D eigenvalue weighted by atomic mass is 10.0. The van der Waals surface area contributed by atoms with Crippen molar-refractivity contribution in [1.82, 2.24) is 5.48 Å². The monoisotopic (exact) mass is 537 g/mol. The van der Waals surface area contributed by atoms with Crippen molar-refractivity contribution in [2.45, 2.75) is 127 Å². The lowest BCUT2D eigenvalue weighted by Gasteiger charge is -2.30. The Balaban J connectivity index is 4.05. The number of hydroxylamine groups is 1. The van der Waals surface area contributed by atoms with Crippen molar-refractivity contribution in [1.29, 1.82) is 0 Å². The standard InChI is InChI=1S/C26H51NO8S/c1-4-6-7-8-9-10-11-12-13-14-15-16-17-18-19-22(28)20-21-34-26(27-33-3)24(30)25(23(29)5-2)35-36(31)32/h5,18-19,22-30H,2,4,6-17,20-21H2,1,3H3,(H,31,32)/b19-18+/t22-,23+,24?,25?,26+/m1/s1. The van der Waals surface area contributed by atoms with Crippen LogP contribution >= 0.6 is 0 Å². The third-order valence-corrected chi connectivity index (χ3v) is 6.33. The van der Waals surface area contributed by atoms with Crippen molar-refractivity contribution in [2.75, 3.05) is 13.7 Å². The molecule has 0 aromatic heterocycles. The Kier molecular flexibility index (Phi) is 24.2. The summed E-state index contributed by atoms with van der Waals surface area (Å²) in [7, 11) is 1.31. The summed E-state index contributed by atoms with van der Waals surface area (Å²) in [6.07, 6.45) is 15.3. The second kappa shape index (κ2) is 24.6. The van der Waals surface area contributed by atoms with Crippen LogP contribution in [0.25, 0.3) is 0 Å². The average Bonchev–Trinajstić information content (AvgIpc) is 2.86. The molecule has 0 amide bonds. The number of ether oxygens (including phenoxy) is 1. The SMILES string of the molecule is C=C[C@H](O)C(OS(=O)O)C(O)[C@@H](NOC)OCC[C@H](O)/C=C/CCCCCCCCCCCCCC. The smallest absolute Gasteiger partial charge is 0.302 e. The van der Waals surface area contributed by atoms with Crippen LogP contribution in [0.2, 0.25) is 0 Å². The molecule has 214 valence electrons. The molecule has 5 N–H and O–H groups in total. The molecular weight excluding hydrogens is 486 g/mol. The van der Waals surface area contributed by atoms with Gasteiger partial charge in [0.05, 0.1) is 19.8 Å². The molecule has 0 aliphatic rings. The van der Waals surface area contributed by atoms with E-state index in [0.29, 0.717) is 0 Å². The third-order valence-electron chi connectivity index (χ3n) is 5.95. The average molecular weight is 538 g/mol. The number of unbranched alkanes of at least 4 members (excludes halogenated alkanes) is 12. The number of aliphatic hydroxyl groups is 3. The largest absolute Gasteiger partial charge is 0.389 e. The Labute approximate surface area is 220 Å². The van der Waals surface area contributed by atoms with Gasteiger partial charge in [-0.1, -0.05) is 95.8 Å². The normalized spacial score (nSPS) is 17.1. The van der Waals surface area contributed by atoms with Gasteiger partial charge in [0, 0.05) is 6.42 Å². The Morgan fingerprint density at radius 2 is 1.50 bits per heavy atom. The van der Waals surface area contributed by atoms with Crippen molar-refractivity contribution in [3.05, 3.63) is 24.8 Å². The molecule has 0 saturated carbocycles. The molecule has 0 aromatic rings. The Hall–Kier alpha value is -0.690. The van der Waals surface area contributed by atoms with Crippen LogP contribution in [0, 0.1) is 0 Å². The Morgan fingerprint density at radius 1 is 0.944 bits per heavy atom. The lowest BCUT2D eigenvalue weighted by Crippen LogP contribution is -2.52. The van der Waals surface area contributed by atoms with Crippen LogP contribution in [0.5, 0.6) is 0 Å². The highest BCUT2D eigenvalue weighted by Crippen LogP contribution is 2.15. The van der Waals surface area contributed by atoms with Gasteiger partial charge in [0.15, 0.2) is 6.23 Å². The predicted octanol–water partition coefficient (Wildman–Crippen LogP) is 4.31. The van der Waals surface area contributed by atoms with Gasteiger partial charge < -0.3 is 24.9 Å². The summed E-state index contributed by atoms with van der Waals surface area (Å²) < 4.78 is 30.1. The fourth-order valence-corrected chi connectivity index (χ4v) is 4.22. The number of nitrogens with one attached hydrogen (secondary N) is 1. The zero-order chi connectivity index (χ0) is 27.0. The van der Waals surface area contributed by atoms with E-state index in [-0.39, 0.29) is 13.0 Å². The lowest BCUT2D eigenvalue weighted by molar-refractivity contribution is -0.161. The van der Waals surface area contributed by atoms with E-state index in [4.69, 9.17) is 14.1 Å². The molecular formula is C26H51NO8S. The maximum Gasteiger partial charge on any atom is 0.302 e. The summed E-state index contributed by atoms with van der Waals surface area (Å²) in [5, 5.41) is 30.5. The molecule has 10 heteroatoms. The van der Waals surface area contributed by atoms with Crippen molar-refractivity contribution in [3.63, 3.8) is 0 Å². The molecule has 6 atom stereocenters. The molecule has 0 heterocycles. The highest BCUT2D eigenvalue weighted by molar-refractivity contribution is 7.74. The number of aliphatic hydroxyl groups excluding tert-OH is 3. The van der Waals surface area contributed by atoms with E-state index in [1.54, 1.807) is 6.08 Å². The molecule has 0 aliphatic heterocycles. The van der Waals surface area contributed by atoms with Crippen molar-refractivity contribution >= 4 is 11.4 Å². The fraction of sp³-hybridized carbons (Fsp3) is 0.846. The second-order valence-corrected chi connectivity index (χ2v) is 9.70. The van der Waals surface area contributed by atoms with Crippen LogP contribution in [0.1, 0.15) is 96.8 Å². The van der Waals surface area contributed by atoms with Gasteiger partial charge >= 0.3 is 11.4 Å². The third kappa shape index (κ3) is 19.4. The molecule has 0 fully saturated rings. The first-order valence-electron chi connectivity index (χ1n) is 13.4. The van der Waals surface area contributed by atoms with E-state index in [1.807, 2.05) is 6.08 Å². The Bertz CT molecular complexity index is 566. The van der Waals surface area contributed by atoms with E-state index in [9.17, 15) is 19.5 Å². The first-order valence-corrected chi connectivity index (χ1v) is 14.4. The van der Waals surface area contributed by atoms with Crippen molar-refractivity contribution in [3.8, 4) is 0 Å². The topological polar surface area (TPSA) is 138 Å². The van der Waals surface area contributed by atoms with Crippen molar-refractivity contribution < 1.29 is 37.8 Å². The summed E-state index contributed by atoms with van der Waals surface area (Å²) in [6.45, 7) is 5.69. The number of allylic oxidation sites excluding steroid dienone is 1. The zero-order valence-corrected chi connectivity index (χ0v) is 23.1. The summed E-state index contributed by atoms with van der Waals surface area (Å²) in [5.41, 5.74) is 2.41. The number of hydrogen-bond donors (Lipinski definition) is 5. The van der Waals surface area contributed by atoms with E-state index in [2.05, 4.69) is 23.2 Å². The van der Waals surface area contributed by atoms with Gasteiger partial charge in [0.2, 0.25) is 0 Å². The number of hydrogen-bond acceptors (Lipinski definition) is 8. The maximum absolute atomic E-state index is 11.0. The van der Waals surface area contributed by atoms with Crippen LogP contribution in [-0.4, -0.2) is 68.4 Å². The quantitative estimate of drug-likeness (QED) is 0.0359. The molecule has 0 saturated heterocycles. The van der Waals surface area contributed by atoms with Gasteiger partial charge in [-0.05, 0) is 12.8 Å². The van der Waals surface area contributed by atoms with Crippen LogP contribution < -0.4 is 5.48 Å². The van der Waals surface area contributed by atoms with E-state index in [0.717, 1.165) is 18.9 Å². The van der Waals surface area contributed by atoms with Gasteiger partial charge in [-0.3, -0.25) is 8.74 Å². The van der Waals surface area contributed by atoms with Gasteiger partial charge in [-0.2, -0.15) is 9.69 Å². The molecule has 0 rings (SSSR count). The minimum absolute atomic E-state index is 0.0569. The first kappa shape index (κ1) is 35.3. The predicted molar refractivity (Wildman–Crippen MR) is 143 cm³/mol. The minimum Gasteiger partial charge on any atom is -0.389 e. The van der Waals surface area contributed by atoms with Crippen LogP contribution in [0.3, 0.4) is 0 Å². The van der Waals surface area contributed by atoms with Gasteiger partial charge in [0.1, 0.15) is 18.3 Å². The molecule has 9 nitrogen and oxygen atoms in total. The maximum atomic E-state index is 11.0. The van der Waals surface area contributed by atoms with E-state index in [1.165, 1.54) is 77.7 Å². The minimum atomic E-state index is -2.72. The zero-order valence-electron chi connectivity index (χ0n) is 22.3. The highest BCUT2D eigenvalue weighted by Gasteiger charge is 2.35. The summed E-state index contributed by atoms with van der Waals surface area (Å²) in [5.74, 6) is 0. The molecule has 36 heavy (non-hydrogen) atoms. The molecule has 0 spiro atoms. The summed E-state index contributed by atoms with van der Waals surface area (Å²) in [4.78, 5) is 4.80. The molecule has 3 unspecified atom stereocenters. The molecule has 0 radical (unpaired) electrons. The molecule has 0 bridgehead atoms. The van der Waals surface area contributed by atoms with Crippen LogP contribution in [0.15, 0.2) is 24.8 Å². The van der Waals surface area contributed by atoms with Gasteiger partial charge in [-0.25, -0.2) is 0 Å². The van der Waals surface area contributed by atoms with Gasteiger partial charge in [-0.15, -0.1) is 6.58 Å². The molecule has 0 aliphatic carbocycles. The number of rotatable bonds is 26.